The number of amides is 1. The lowest BCUT2D eigenvalue weighted by molar-refractivity contribution is -0.125. The van der Waals surface area contributed by atoms with Crippen molar-refractivity contribution in [2.24, 2.45) is 0 Å². The van der Waals surface area contributed by atoms with Crippen molar-refractivity contribution >= 4 is 5.91 Å². The van der Waals surface area contributed by atoms with Gasteiger partial charge in [0.05, 0.1) is 13.2 Å². The fraction of sp³-hybridized carbons (Fsp3) is 0.417. The molecule has 4 nitrogen and oxygen atoms in total. The summed E-state index contributed by atoms with van der Waals surface area (Å²) in [5.41, 5.74) is 1.03. The molecule has 16 heavy (non-hydrogen) atoms. The molecule has 0 aromatic heterocycles. The quantitative estimate of drug-likeness (QED) is 0.823. The van der Waals surface area contributed by atoms with E-state index in [9.17, 15) is 4.79 Å². The molecule has 1 rings (SSSR count). The van der Waals surface area contributed by atoms with Gasteiger partial charge in [0.2, 0.25) is 5.91 Å². The Morgan fingerprint density at radius 1 is 1.31 bits per heavy atom. The van der Waals surface area contributed by atoms with Crippen LogP contribution in [0.1, 0.15) is 18.5 Å². The minimum atomic E-state index is -0.120. The molecule has 0 aliphatic carbocycles. The zero-order valence-electron chi connectivity index (χ0n) is 9.82. The minimum absolute atomic E-state index is 0.0337. The maximum atomic E-state index is 11.3. The van der Waals surface area contributed by atoms with Gasteiger partial charge in [-0.05, 0) is 24.6 Å². The van der Waals surface area contributed by atoms with Crippen LogP contribution in [0.5, 0.6) is 5.75 Å². The van der Waals surface area contributed by atoms with Gasteiger partial charge in [-0.15, -0.1) is 0 Å². The van der Waals surface area contributed by atoms with E-state index in [1.54, 1.807) is 7.11 Å². The number of carbonyl (C=O) groups is 1. The lowest BCUT2D eigenvalue weighted by atomic mass is 10.1. The van der Waals surface area contributed by atoms with Crippen molar-refractivity contribution in [1.82, 2.24) is 5.32 Å². The number of carbonyl (C=O) groups excluding carboxylic acids is 1. The van der Waals surface area contributed by atoms with E-state index in [1.807, 2.05) is 31.2 Å². The van der Waals surface area contributed by atoms with Crippen LogP contribution in [0.15, 0.2) is 24.3 Å². The molecule has 0 aliphatic rings. The van der Waals surface area contributed by atoms with Crippen molar-refractivity contribution in [3.8, 4) is 5.75 Å². The van der Waals surface area contributed by atoms with E-state index >= 15 is 0 Å². The van der Waals surface area contributed by atoms with Gasteiger partial charge in [0.25, 0.3) is 0 Å². The normalized spacial score (nSPS) is 11.9. The van der Waals surface area contributed by atoms with Crippen LogP contribution in [-0.4, -0.2) is 26.7 Å². The predicted molar refractivity (Wildman–Crippen MR) is 61.4 cm³/mol. The topological polar surface area (TPSA) is 47.6 Å². The fourth-order valence-corrected chi connectivity index (χ4v) is 1.39. The van der Waals surface area contributed by atoms with Crippen LogP contribution in [0.4, 0.5) is 0 Å². The van der Waals surface area contributed by atoms with Crippen molar-refractivity contribution in [2.45, 2.75) is 13.0 Å². The largest absolute Gasteiger partial charge is 0.497 e. The van der Waals surface area contributed by atoms with E-state index in [0.29, 0.717) is 0 Å². The Morgan fingerprint density at radius 3 is 2.44 bits per heavy atom. The zero-order chi connectivity index (χ0) is 12.0. The van der Waals surface area contributed by atoms with Gasteiger partial charge >= 0.3 is 0 Å². The van der Waals surface area contributed by atoms with Gasteiger partial charge in [-0.25, -0.2) is 0 Å². The number of hydrogen-bond donors (Lipinski definition) is 1. The molecule has 0 radical (unpaired) electrons. The first kappa shape index (κ1) is 12.5. The highest BCUT2D eigenvalue weighted by molar-refractivity contribution is 5.77. The number of rotatable bonds is 5. The monoisotopic (exact) mass is 223 g/mol. The van der Waals surface area contributed by atoms with E-state index in [2.05, 4.69) is 5.32 Å². The van der Waals surface area contributed by atoms with Gasteiger partial charge in [-0.1, -0.05) is 12.1 Å². The van der Waals surface area contributed by atoms with Crippen molar-refractivity contribution in [3.63, 3.8) is 0 Å². The van der Waals surface area contributed by atoms with E-state index in [0.717, 1.165) is 11.3 Å². The highest BCUT2D eigenvalue weighted by Gasteiger charge is 2.08. The molecule has 1 aromatic rings. The van der Waals surface area contributed by atoms with Gasteiger partial charge in [0.15, 0.2) is 0 Å². The van der Waals surface area contributed by atoms with Gasteiger partial charge in [0, 0.05) is 7.11 Å². The molecular weight excluding hydrogens is 206 g/mol. The van der Waals surface area contributed by atoms with Crippen LogP contribution in [0.2, 0.25) is 0 Å². The van der Waals surface area contributed by atoms with E-state index in [1.165, 1.54) is 7.11 Å². The molecule has 0 saturated heterocycles. The molecule has 1 unspecified atom stereocenters. The summed E-state index contributed by atoms with van der Waals surface area (Å²) < 4.78 is 9.81. The first-order chi connectivity index (χ1) is 7.67. The highest BCUT2D eigenvalue weighted by Crippen LogP contribution is 2.16. The Labute approximate surface area is 95.6 Å². The van der Waals surface area contributed by atoms with Crippen molar-refractivity contribution in [1.29, 1.82) is 0 Å². The maximum Gasteiger partial charge on any atom is 0.246 e. The Morgan fingerprint density at radius 2 is 1.94 bits per heavy atom. The number of benzene rings is 1. The van der Waals surface area contributed by atoms with Crippen LogP contribution in [0, 0.1) is 0 Å². The maximum absolute atomic E-state index is 11.3. The van der Waals surface area contributed by atoms with Crippen molar-refractivity contribution in [3.05, 3.63) is 29.8 Å². The van der Waals surface area contributed by atoms with E-state index in [-0.39, 0.29) is 18.6 Å². The SMILES string of the molecule is COCC(=O)NC(C)c1ccc(OC)cc1. The standard InChI is InChI=1S/C12H17NO3/c1-9(13-12(14)8-15-2)10-4-6-11(16-3)7-5-10/h4-7,9H,8H2,1-3H3,(H,13,14). The Kier molecular flexibility index (Phi) is 4.79. The molecule has 0 aliphatic heterocycles. The van der Waals surface area contributed by atoms with Gasteiger partial charge in [0.1, 0.15) is 12.4 Å². The molecule has 0 saturated carbocycles. The van der Waals surface area contributed by atoms with E-state index in [4.69, 9.17) is 9.47 Å². The molecule has 4 heteroatoms. The smallest absolute Gasteiger partial charge is 0.246 e. The zero-order valence-corrected chi connectivity index (χ0v) is 9.82. The summed E-state index contributed by atoms with van der Waals surface area (Å²) >= 11 is 0. The third kappa shape index (κ3) is 3.55. The molecule has 0 heterocycles. The van der Waals surface area contributed by atoms with Crippen molar-refractivity contribution < 1.29 is 14.3 Å². The number of hydrogen-bond acceptors (Lipinski definition) is 3. The molecule has 0 fully saturated rings. The number of methoxy groups -OCH3 is 2. The fourth-order valence-electron chi connectivity index (χ4n) is 1.39. The van der Waals surface area contributed by atoms with E-state index < -0.39 is 0 Å². The summed E-state index contributed by atoms with van der Waals surface area (Å²) in [5, 5.41) is 2.83. The first-order valence-corrected chi connectivity index (χ1v) is 5.09. The molecule has 1 atom stereocenters. The van der Waals surface area contributed by atoms with Crippen LogP contribution in [-0.2, 0) is 9.53 Å². The van der Waals surface area contributed by atoms with Crippen LogP contribution < -0.4 is 10.1 Å². The molecule has 0 spiro atoms. The summed E-state index contributed by atoms with van der Waals surface area (Å²) in [4.78, 5) is 11.3. The average molecular weight is 223 g/mol. The second kappa shape index (κ2) is 6.12. The van der Waals surface area contributed by atoms with Crippen LogP contribution in [0.25, 0.3) is 0 Å². The summed E-state index contributed by atoms with van der Waals surface area (Å²) in [6.07, 6.45) is 0. The van der Waals surface area contributed by atoms with Gasteiger partial charge in [-0.3, -0.25) is 4.79 Å². The molecule has 0 bridgehead atoms. The highest BCUT2D eigenvalue weighted by atomic mass is 16.5. The lowest BCUT2D eigenvalue weighted by Crippen LogP contribution is -2.29. The van der Waals surface area contributed by atoms with Gasteiger partial charge < -0.3 is 14.8 Å². The molecular formula is C12H17NO3. The third-order valence-corrected chi connectivity index (χ3v) is 2.27. The summed E-state index contributed by atoms with van der Waals surface area (Å²) in [7, 11) is 3.12. The van der Waals surface area contributed by atoms with Gasteiger partial charge in [-0.2, -0.15) is 0 Å². The van der Waals surface area contributed by atoms with Crippen LogP contribution >= 0.6 is 0 Å². The molecule has 88 valence electrons. The minimum Gasteiger partial charge on any atom is -0.497 e. The number of ether oxygens (including phenoxy) is 2. The Hall–Kier alpha value is -1.55. The second-order valence-electron chi connectivity index (χ2n) is 3.50. The molecule has 1 amide bonds. The Bertz CT molecular complexity index is 335. The summed E-state index contributed by atoms with van der Waals surface area (Å²) in [5.74, 6) is 0.685. The summed E-state index contributed by atoms with van der Waals surface area (Å²) in [6.45, 7) is 2.01. The number of nitrogens with one attached hydrogen (secondary N) is 1. The average Bonchev–Trinajstić information content (AvgIpc) is 2.29. The molecule has 1 N–H and O–H groups in total. The lowest BCUT2D eigenvalue weighted by Gasteiger charge is -2.14. The second-order valence-corrected chi connectivity index (χ2v) is 3.50. The van der Waals surface area contributed by atoms with Crippen LogP contribution in [0.3, 0.4) is 0 Å². The summed E-state index contributed by atoms with van der Waals surface area (Å²) in [6, 6.07) is 7.56. The third-order valence-electron chi connectivity index (χ3n) is 2.27. The Balaban J connectivity index is 2.58. The predicted octanol–water partition coefficient (Wildman–Crippen LogP) is 1.52. The van der Waals surface area contributed by atoms with Crippen molar-refractivity contribution in [2.75, 3.05) is 20.8 Å². The first-order valence-electron chi connectivity index (χ1n) is 5.09. The molecule has 1 aromatic carbocycles.